The Bertz CT molecular complexity index is 327. The van der Waals surface area contributed by atoms with Gasteiger partial charge in [0, 0.05) is 13.6 Å². The van der Waals surface area contributed by atoms with Gasteiger partial charge in [0.25, 0.3) is 5.91 Å². The first kappa shape index (κ1) is 11.4. The zero-order chi connectivity index (χ0) is 11.3. The molecule has 1 aromatic rings. The number of aromatic nitrogens is 1. The van der Waals surface area contributed by atoms with Crippen LogP contribution in [-0.2, 0) is 4.79 Å². The van der Waals surface area contributed by atoms with Gasteiger partial charge in [-0.3, -0.25) is 4.79 Å². The van der Waals surface area contributed by atoms with Crippen LogP contribution in [0.5, 0.6) is 5.75 Å². The van der Waals surface area contributed by atoms with Crippen LogP contribution in [0.2, 0.25) is 0 Å². The molecule has 0 fully saturated rings. The van der Waals surface area contributed by atoms with Crippen LogP contribution in [0.4, 0.5) is 4.39 Å². The fraction of sp³-hybridized carbons (Fsp3) is 0.400. The van der Waals surface area contributed by atoms with Gasteiger partial charge in [-0.15, -0.1) is 0 Å². The number of pyridine rings is 1. The maximum absolute atomic E-state index is 12.4. The van der Waals surface area contributed by atoms with Gasteiger partial charge in [0.05, 0.1) is 6.20 Å². The van der Waals surface area contributed by atoms with Crippen LogP contribution < -0.4 is 4.74 Å². The van der Waals surface area contributed by atoms with E-state index in [0.29, 0.717) is 12.3 Å². The van der Waals surface area contributed by atoms with Crippen LogP contribution in [-0.4, -0.2) is 36.0 Å². The van der Waals surface area contributed by atoms with Gasteiger partial charge in [0.1, 0.15) is 5.75 Å². The molecule has 0 atom stereocenters. The van der Waals surface area contributed by atoms with Gasteiger partial charge in [-0.25, -0.2) is 4.98 Å². The molecule has 82 valence electrons. The molecule has 0 unspecified atom stereocenters. The summed E-state index contributed by atoms with van der Waals surface area (Å²) in [6, 6.07) is 2.62. The van der Waals surface area contributed by atoms with E-state index in [0.717, 1.165) is 0 Å². The Labute approximate surface area is 87.7 Å². The lowest BCUT2D eigenvalue weighted by Gasteiger charge is -2.14. The van der Waals surface area contributed by atoms with Gasteiger partial charge >= 0.3 is 0 Å². The Kier molecular flexibility index (Phi) is 4.03. The lowest BCUT2D eigenvalue weighted by atomic mass is 10.4. The molecule has 1 aromatic heterocycles. The SMILES string of the molecule is CCN(C)C(=O)COc1ccc(F)nc1. The van der Waals surface area contributed by atoms with Gasteiger partial charge in [0.15, 0.2) is 6.61 Å². The lowest BCUT2D eigenvalue weighted by Crippen LogP contribution is -2.31. The third-order valence-electron chi connectivity index (χ3n) is 1.96. The predicted octanol–water partition coefficient (Wildman–Crippen LogP) is 1.08. The maximum atomic E-state index is 12.4. The summed E-state index contributed by atoms with van der Waals surface area (Å²) in [6.45, 7) is 2.44. The van der Waals surface area contributed by atoms with Gasteiger partial charge in [-0.05, 0) is 19.1 Å². The van der Waals surface area contributed by atoms with Crippen LogP contribution >= 0.6 is 0 Å². The molecule has 0 radical (unpaired) electrons. The molecule has 0 aliphatic rings. The number of likely N-dealkylation sites (N-methyl/N-ethyl adjacent to an activating group) is 1. The fourth-order valence-corrected chi connectivity index (χ4v) is 0.879. The molecule has 0 aliphatic heterocycles. The third-order valence-corrected chi connectivity index (χ3v) is 1.96. The van der Waals surface area contributed by atoms with Crippen LogP contribution in [0.1, 0.15) is 6.92 Å². The van der Waals surface area contributed by atoms with Crippen LogP contribution in [0, 0.1) is 5.95 Å². The first-order valence-electron chi connectivity index (χ1n) is 4.61. The van der Waals surface area contributed by atoms with E-state index in [4.69, 9.17) is 4.74 Å². The van der Waals surface area contributed by atoms with E-state index in [-0.39, 0.29) is 12.5 Å². The summed E-state index contributed by atoms with van der Waals surface area (Å²) in [4.78, 5) is 16.3. The van der Waals surface area contributed by atoms with Gasteiger partial charge in [-0.1, -0.05) is 0 Å². The number of halogens is 1. The Morgan fingerprint density at radius 1 is 1.60 bits per heavy atom. The first-order chi connectivity index (χ1) is 7.13. The molecule has 1 amide bonds. The summed E-state index contributed by atoms with van der Waals surface area (Å²) in [5.41, 5.74) is 0. The first-order valence-corrected chi connectivity index (χ1v) is 4.61. The predicted molar refractivity (Wildman–Crippen MR) is 53.0 cm³/mol. The van der Waals surface area contributed by atoms with E-state index < -0.39 is 5.95 Å². The van der Waals surface area contributed by atoms with E-state index in [9.17, 15) is 9.18 Å². The van der Waals surface area contributed by atoms with Crippen molar-refractivity contribution in [1.29, 1.82) is 0 Å². The van der Waals surface area contributed by atoms with Crippen molar-refractivity contribution in [3.63, 3.8) is 0 Å². The largest absolute Gasteiger partial charge is 0.482 e. The molecule has 0 bridgehead atoms. The Morgan fingerprint density at radius 2 is 2.33 bits per heavy atom. The second kappa shape index (κ2) is 5.29. The highest BCUT2D eigenvalue weighted by Crippen LogP contribution is 2.08. The highest BCUT2D eigenvalue weighted by atomic mass is 19.1. The highest BCUT2D eigenvalue weighted by molar-refractivity contribution is 5.77. The number of rotatable bonds is 4. The van der Waals surface area contributed by atoms with Crippen LogP contribution in [0.15, 0.2) is 18.3 Å². The van der Waals surface area contributed by atoms with E-state index >= 15 is 0 Å². The minimum Gasteiger partial charge on any atom is -0.482 e. The normalized spacial score (nSPS) is 9.80. The molecule has 5 heteroatoms. The maximum Gasteiger partial charge on any atom is 0.260 e. The smallest absolute Gasteiger partial charge is 0.260 e. The minimum absolute atomic E-state index is 0.0579. The molecule has 0 aliphatic carbocycles. The molecule has 1 heterocycles. The van der Waals surface area contributed by atoms with Crippen molar-refractivity contribution in [1.82, 2.24) is 9.88 Å². The average Bonchev–Trinajstić information content (AvgIpc) is 2.26. The Hall–Kier alpha value is -1.65. The molecule has 0 saturated heterocycles. The molecule has 15 heavy (non-hydrogen) atoms. The van der Waals surface area contributed by atoms with Crippen molar-refractivity contribution in [3.8, 4) is 5.75 Å². The summed E-state index contributed by atoms with van der Waals surface area (Å²) >= 11 is 0. The van der Waals surface area contributed by atoms with Crippen molar-refractivity contribution >= 4 is 5.91 Å². The van der Waals surface area contributed by atoms with Crippen molar-refractivity contribution < 1.29 is 13.9 Å². The molecule has 0 spiro atoms. The molecule has 0 aromatic carbocycles. The van der Waals surface area contributed by atoms with Gasteiger partial charge < -0.3 is 9.64 Å². The second-order valence-electron chi connectivity index (χ2n) is 3.01. The number of carbonyl (C=O) groups is 1. The number of nitrogens with zero attached hydrogens (tertiary/aromatic N) is 2. The summed E-state index contributed by atoms with van der Waals surface area (Å²) in [6.07, 6.45) is 1.24. The summed E-state index contributed by atoms with van der Waals surface area (Å²) in [5.74, 6) is -0.310. The standard InChI is InChI=1S/C10H13FN2O2/c1-3-13(2)10(14)7-15-8-4-5-9(11)12-6-8/h4-6H,3,7H2,1-2H3. The molecular formula is C10H13FN2O2. The number of amides is 1. The van der Waals surface area contributed by atoms with Crippen molar-refractivity contribution in [2.75, 3.05) is 20.2 Å². The number of carbonyl (C=O) groups excluding carboxylic acids is 1. The van der Waals surface area contributed by atoms with Gasteiger partial charge in [0.2, 0.25) is 5.95 Å². The quantitative estimate of drug-likeness (QED) is 0.701. The summed E-state index contributed by atoms with van der Waals surface area (Å²) < 4.78 is 17.6. The lowest BCUT2D eigenvalue weighted by molar-refractivity contribution is -0.131. The monoisotopic (exact) mass is 212 g/mol. The molecule has 4 nitrogen and oxygen atoms in total. The molecule has 1 rings (SSSR count). The third kappa shape index (κ3) is 3.53. The molecule has 0 N–H and O–H groups in total. The van der Waals surface area contributed by atoms with Gasteiger partial charge in [-0.2, -0.15) is 4.39 Å². The average molecular weight is 212 g/mol. The fourth-order valence-electron chi connectivity index (χ4n) is 0.879. The van der Waals surface area contributed by atoms with E-state index in [2.05, 4.69) is 4.98 Å². The van der Waals surface area contributed by atoms with E-state index in [1.807, 2.05) is 6.92 Å². The minimum atomic E-state index is -0.570. The summed E-state index contributed by atoms with van der Waals surface area (Å²) in [5, 5.41) is 0. The van der Waals surface area contributed by atoms with E-state index in [1.165, 1.54) is 23.2 Å². The number of hydrogen-bond acceptors (Lipinski definition) is 3. The zero-order valence-electron chi connectivity index (χ0n) is 8.74. The zero-order valence-corrected chi connectivity index (χ0v) is 8.74. The Morgan fingerprint density at radius 3 is 2.87 bits per heavy atom. The van der Waals surface area contributed by atoms with Crippen molar-refractivity contribution in [2.24, 2.45) is 0 Å². The van der Waals surface area contributed by atoms with Crippen molar-refractivity contribution in [3.05, 3.63) is 24.3 Å². The number of hydrogen-bond donors (Lipinski definition) is 0. The van der Waals surface area contributed by atoms with Crippen molar-refractivity contribution in [2.45, 2.75) is 6.92 Å². The second-order valence-corrected chi connectivity index (χ2v) is 3.01. The highest BCUT2D eigenvalue weighted by Gasteiger charge is 2.07. The Balaban J connectivity index is 2.43. The van der Waals surface area contributed by atoms with E-state index in [1.54, 1.807) is 7.05 Å². The number of ether oxygens (including phenoxy) is 1. The topological polar surface area (TPSA) is 42.4 Å². The molecular weight excluding hydrogens is 199 g/mol. The summed E-state index contributed by atoms with van der Waals surface area (Å²) in [7, 11) is 1.69. The molecule has 0 saturated carbocycles. The van der Waals surface area contributed by atoms with Crippen LogP contribution in [0.3, 0.4) is 0 Å². The van der Waals surface area contributed by atoms with Crippen LogP contribution in [0.25, 0.3) is 0 Å².